The zero-order chi connectivity index (χ0) is 14.5. The van der Waals surface area contributed by atoms with E-state index in [1.807, 2.05) is 0 Å². The van der Waals surface area contributed by atoms with Crippen LogP contribution in [0.4, 0.5) is 0 Å². The van der Waals surface area contributed by atoms with Crippen molar-refractivity contribution in [2.45, 2.75) is 43.9 Å². The highest BCUT2D eigenvalue weighted by molar-refractivity contribution is 5.27. The summed E-state index contributed by atoms with van der Waals surface area (Å²) in [6.45, 7) is 4.83. The molecule has 2 nitrogen and oxygen atoms in total. The summed E-state index contributed by atoms with van der Waals surface area (Å²) in [5, 5.41) is 3.54. The molecule has 2 aliphatic rings. The summed E-state index contributed by atoms with van der Waals surface area (Å²) < 4.78 is 0. The van der Waals surface area contributed by atoms with Crippen molar-refractivity contribution in [2.24, 2.45) is 5.92 Å². The number of benzene rings is 1. The van der Waals surface area contributed by atoms with Gasteiger partial charge in [0.25, 0.3) is 0 Å². The zero-order valence-corrected chi connectivity index (χ0v) is 13.5. The summed E-state index contributed by atoms with van der Waals surface area (Å²) >= 11 is 0. The van der Waals surface area contributed by atoms with Crippen LogP contribution in [0, 0.1) is 5.92 Å². The molecule has 0 amide bonds. The van der Waals surface area contributed by atoms with E-state index in [0.717, 1.165) is 19.0 Å². The number of nitrogens with zero attached hydrogens (tertiary/aromatic N) is 1. The van der Waals surface area contributed by atoms with E-state index in [2.05, 4.69) is 47.6 Å². The molecule has 2 fully saturated rings. The Morgan fingerprint density at radius 3 is 2.43 bits per heavy atom. The number of nitrogens with one attached hydrogen (secondary N) is 1. The average molecular weight is 286 g/mol. The van der Waals surface area contributed by atoms with Crippen molar-refractivity contribution in [2.75, 3.05) is 33.2 Å². The van der Waals surface area contributed by atoms with Crippen LogP contribution in [0.1, 0.15) is 44.1 Å². The lowest BCUT2D eigenvalue weighted by Crippen LogP contribution is -2.47. The Labute approximate surface area is 129 Å². The average Bonchev–Trinajstić information content (AvgIpc) is 3.02. The Kier molecular flexibility index (Phi) is 4.97. The van der Waals surface area contributed by atoms with Gasteiger partial charge in [0, 0.05) is 18.5 Å². The molecule has 1 heterocycles. The molecule has 1 saturated carbocycles. The minimum Gasteiger partial charge on any atom is -0.317 e. The maximum absolute atomic E-state index is 3.54. The lowest BCUT2D eigenvalue weighted by atomic mass is 9.72. The van der Waals surface area contributed by atoms with Crippen LogP contribution in [0.3, 0.4) is 0 Å². The lowest BCUT2D eigenvalue weighted by Gasteiger charge is -2.41. The molecule has 1 aliphatic heterocycles. The van der Waals surface area contributed by atoms with Crippen LogP contribution in [0.5, 0.6) is 0 Å². The van der Waals surface area contributed by atoms with Gasteiger partial charge < -0.3 is 10.2 Å². The zero-order valence-electron chi connectivity index (χ0n) is 13.5. The normalized spacial score (nSPS) is 22.8. The third-order valence-electron chi connectivity index (χ3n) is 5.56. The Morgan fingerprint density at radius 1 is 1.10 bits per heavy atom. The first-order chi connectivity index (χ1) is 10.3. The molecule has 1 aromatic carbocycles. The second-order valence-corrected chi connectivity index (χ2v) is 7.24. The number of hydrogen-bond donors (Lipinski definition) is 1. The number of likely N-dealkylation sites (N-methyl/N-ethyl adjacent to an activating group) is 1. The first kappa shape index (κ1) is 15.1. The van der Waals surface area contributed by atoms with E-state index >= 15 is 0 Å². The van der Waals surface area contributed by atoms with Crippen molar-refractivity contribution in [3.8, 4) is 0 Å². The van der Waals surface area contributed by atoms with Gasteiger partial charge in [-0.1, -0.05) is 43.2 Å². The van der Waals surface area contributed by atoms with Gasteiger partial charge in [-0.2, -0.15) is 0 Å². The number of hydrogen-bond acceptors (Lipinski definition) is 2. The predicted octanol–water partition coefficient (Wildman–Crippen LogP) is 3.43. The van der Waals surface area contributed by atoms with Crippen molar-refractivity contribution >= 4 is 0 Å². The second kappa shape index (κ2) is 6.93. The molecule has 0 bridgehead atoms. The molecule has 2 heteroatoms. The topological polar surface area (TPSA) is 15.3 Å². The molecule has 1 aromatic rings. The monoisotopic (exact) mass is 286 g/mol. The highest BCUT2D eigenvalue weighted by Gasteiger charge is 2.35. The van der Waals surface area contributed by atoms with Crippen LogP contribution in [-0.2, 0) is 5.41 Å². The Hall–Kier alpha value is -0.860. The van der Waals surface area contributed by atoms with Crippen molar-refractivity contribution in [3.05, 3.63) is 35.9 Å². The number of piperidine rings is 1. The van der Waals surface area contributed by atoms with Gasteiger partial charge >= 0.3 is 0 Å². The SMILES string of the molecule is CN(CC1CCCC1)CC1(c2ccccc2)CCNCC1. The van der Waals surface area contributed by atoms with E-state index in [9.17, 15) is 0 Å². The largest absolute Gasteiger partial charge is 0.317 e. The van der Waals surface area contributed by atoms with E-state index in [0.29, 0.717) is 5.41 Å². The third-order valence-corrected chi connectivity index (χ3v) is 5.56. The van der Waals surface area contributed by atoms with Crippen molar-refractivity contribution in [3.63, 3.8) is 0 Å². The van der Waals surface area contributed by atoms with E-state index in [1.165, 1.54) is 51.6 Å². The third kappa shape index (κ3) is 3.67. The van der Waals surface area contributed by atoms with E-state index in [-0.39, 0.29) is 0 Å². The molecule has 0 unspecified atom stereocenters. The van der Waals surface area contributed by atoms with Gasteiger partial charge in [-0.05, 0) is 57.3 Å². The maximum atomic E-state index is 3.54. The van der Waals surface area contributed by atoms with Crippen LogP contribution >= 0.6 is 0 Å². The van der Waals surface area contributed by atoms with Gasteiger partial charge in [0.05, 0.1) is 0 Å². The molecule has 3 rings (SSSR count). The molecule has 1 saturated heterocycles. The molecule has 1 aliphatic carbocycles. The highest BCUT2D eigenvalue weighted by atomic mass is 15.1. The Bertz CT molecular complexity index is 416. The molecular formula is C19H30N2. The smallest absolute Gasteiger partial charge is 0.0104 e. The van der Waals surface area contributed by atoms with Crippen LogP contribution in [0.2, 0.25) is 0 Å². The molecule has 0 radical (unpaired) electrons. The predicted molar refractivity (Wildman–Crippen MR) is 89.7 cm³/mol. The summed E-state index contributed by atoms with van der Waals surface area (Å²) in [5.74, 6) is 0.949. The van der Waals surface area contributed by atoms with Gasteiger partial charge in [0.15, 0.2) is 0 Å². The van der Waals surface area contributed by atoms with Crippen LogP contribution in [0.25, 0.3) is 0 Å². The van der Waals surface area contributed by atoms with Gasteiger partial charge in [-0.25, -0.2) is 0 Å². The van der Waals surface area contributed by atoms with Gasteiger partial charge in [0.2, 0.25) is 0 Å². The summed E-state index contributed by atoms with van der Waals surface area (Å²) in [6.07, 6.45) is 8.34. The summed E-state index contributed by atoms with van der Waals surface area (Å²) in [7, 11) is 2.34. The minimum absolute atomic E-state index is 0.361. The van der Waals surface area contributed by atoms with E-state index in [1.54, 1.807) is 5.56 Å². The Morgan fingerprint density at radius 2 is 1.76 bits per heavy atom. The number of rotatable bonds is 5. The minimum atomic E-state index is 0.361. The molecule has 21 heavy (non-hydrogen) atoms. The van der Waals surface area contributed by atoms with E-state index in [4.69, 9.17) is 0 Å². The van der Waals surface area contributed by atoms with Crippen molar-refractivity contribution in [1.82, 2.24) is 10.2 Å². The van der Waals surface area contributed by atoms with Crippen LogP contribution in [-0.4, -0.2) is 38.1 Å². The van der Waals surface area contributed by atoms with Crippen molar-refractivity contribution < 1.29 is 0 Å². The van der Waals surface area contributed by atoms with Crippen molar-refractivity contribution in [1.29, 1.82) is 0 Å². The van der Waals surface area contributed by atoms with Crippen LogP contribution < -0.4 is 5.32 Å². The maximum Gasteiger partial charge on any atom is 0.0104 e. The fraction of sp³-hybridized carbons (Fsp3) is 0.684. The van der Waals surface area contributed by atoms with Crippen LogP contribution in [0.15, 0.2) is 30.3 Å². The summed E-state index contributed by atoms with van der Waals surface area (Å²) in [6, 6.07) is 11.2. The molecular weight excluding hydrogens is 256 g/mol. The first-order valence-corrected chi connectivity index (χ1v) is 8.73. The Balaban J connectivity index is 1.70. The molecule has 1 N–H and O–H groups in total. The molecule has 0 atom stereocenters. The van der Waals surface area contributed by atoms with E-state index < -0.39 is 0 Å². The molecule has 0 spiro atoms. The molecule has 0 aromatic heterocycles. The lowest BCUT2D eigenvalue weighted by molar-refractivity contribution is 0.182. The first-order valence-electron chi connectivity index (χ1n) is 8.73. The highest BCUT2D eigenvalue weighted by Crippen LogP contribution is 2.35. The molecule has 116 valence electrons. The summed E-state index contributed by atoms with van der Waals surface area (Å²) in [4.78, 5) is 2.62. The van der Waals surface area contributed by atoms with Gasteiger partial charge in [-0.3, -0.25) is 0 Å². The quantitative estimate of drug-likeness (QED) is 0.892. The standard InChI is InChI=1S/C19H30N2/c1-21(15-17-7-5-6-8-17)16-19(11-13-20-14-12-19)18-9-3-2-4-10-18/h2-4,9-10,17,20H,5-8,11-16H2,1H3. The fourth-order valence-electron chi connectivity index (χ4n) is 4.45. The second-order valence-electron chi connectivity index (χ2n) is 7.24. The van der Waals surface area contributed by atoms with Gasteiger partial charge in [-0.15, -0.1) is 0 Å². The fourth-order valence-corrected chi connectivity index (χ4v) is 4.45. The van der Waals surface area contributed by atoms with Gasteiger partial charge in [0.1, 0.15) is 0 Å². The summed E-state index contributed by atoms with van der Waals surface area (Å²) in [5.41, 5.74) is 1.91.